The molecule has 0 saturated heterocycles. The van der Waals surface area contributed by atoms with Crippen molar-refractivity contribution in [3.05, 3.63) is 101 Å². The number of carbonyl (C=O) groups is 1. The summed E-state index contributed by atoms with van der Waals surface area (Å²) in [5.74, 6) is 1.42. The Hall–Kier alpha value is -4.06. The van der Waals surface area contributed by atoms with Crippen LogP contribution in [0.15, 0.2) is 83.4 Å². The molecule has 0 unspecified atom stereocenters. The Morgan fingerprint density at radius 2 is 1.53 bits per heavy atom. The Labute approximate surface area is 187 Å². The van der Waals surface area contributed by atoms with Crippen LogP contribution in [0, 0.1) is 13.8 Å². The van der Waals surface area contributed by atoms with Crippen LogP contribution in [0.2, 0.25) is 0 Å². The van der Waals surface area contributed by atoms with Gasteiger partial charge in [0, 0.05) is 17.1 Å². The minimum Gasteiger partial charge on any atom is -0.489 e. The van der Waals surface area contributed by atoms with Gasteiger partial charge >= 0.3 is 0 Å². The zero-order valence-electron chi connectivity index (χ0n) is 18.1. The molecule has 0 spiro atoms. The van der Waals surface area contributed by atoms with E-state index in [1.54, 1.807) is 0 Å². The molecule has 4 aromatic rings. The van der Waals surface area contributed by atoms with E-state index >= 15 is 0 Å². The minimum atomic E-state index is -0.0711. The quantitative estimate of drug-likeness (QED) is 0.372. The Bertz CT molecular complexity index is 1150. The van der Waals surface area contributed by atoms with Gasteiger partial charge in [-0.05, 0) is 67.9 Å². The molecule has 0 aliphatic heterocycles. The number of nitrogens with zero attached hydrogens (tertiary/aromatic N) is 1. The second kappa shape index (κ2) is 9.83. The molecule has 0 radical (unpaired) electrons. The van der Waals surface area contributed by atoms with Crippen LogP contribution < -0.4 is 15.4 Å². The van der Waals surface area contributed by atoms with Crippen LogP contribution in [0.3, 0.4) is 0 Å². The van der Waals surface area contributed by atoms with Crippen molar-refractivity contribution in [2.75, 3.05) is 10.6 Å². The normalized spacial score (nSPS) is 10.6. The Morgan fingerprint density at radius 1 is 0.875 bits per heavy atom. The molecule has 162 valence electrons. The van der Waals surface area contributed by atoms with Crippen LogP contribution in [0.25, 0.3) is 0 Å². The molecule has 32 heavy (non-hydrogen) atoms. The molecule has 6 nitrogen and oxygen atoms in total. The van der Waals surface area contributed by atoms with Crippen molar-refractivity contribution in [2.45, 2.75) is 26.9 Å². The highest BCUT2D eigenvalue weighted by atomic mass is 16.5. The van der Waals surface area contributed by atoms with Gasteiger partial charge in [0.2, 0.25) is 5.91 Å². The number of ether oxygens (including phenoxy) is 1. The van der Waals surface area contributed by atoms with Gasteiger partial charge in [-0.2, -0.15) is 0 Å². The maximum absolute atomic E-state index is 12.4. The number of anilines is 3. The van der Waals surface area contributed by atoms with Gasteiger partial charge in [-0.3, -0.25) is 4.79 Å². The molecule has 0 bridgehead atoms. The fourth-order valence-electron chi connectivity index (χ4n) is 3.28. The highest BCUT2D eigenvalue weighted by Gasteiger charge is 2.10. The Morgan fingerprint density at radius 3 is 2.19 bits per heavy atom. The number of amides is 1. The first-order chi connectivity index (χ1) is 15.6. The Kier molecular flexibility index (Phi) is 6.51. The summed E-state index contributed by atoms with van der Waals surface area (Å²) in [6.07, 6.45) is 0.286. The monoisotopic (exact) mass is 427 g/mol. The number of rotatable bonds is 8. The molecule has 0 saturated carbocycles. The highest BCUT2D eigenvalue weighted by Crippen LogP contribution is 2.20. The molecule has 1 heterocycles. The first kappa shape index (κ1) is 21.2. The van der Waals surface area contributed by atoms with Gasteiger partial charge in [0.1, 0.15) is 18.1 Å². The fourth-order valence-corrected chi connectivity index (χ4v) is 3.28. The van der Waals surface area contributed by atoms with Crippen LogP contribution in [-0.2, 0) is 17.8 Å². The first-order valence-corrected chi connectivity index (χ1v) is 10.4. The first-order valence-electron chi connectivity index (χ1n) is 10.4. The second-order valence-corrected chi connectivity index (χ2v) is 7.53. The molecule has 6 heteroatoms. The predicted octanol–water partition coefficient (Wildman–Crippen LogP) is 5.80. The molecule has 2 N–H and O–H groups in total. The standard InChI is InChI=1S/C26H25N3O3/c1-18-25(19(2)32-29-18)17-31-24-14-8-20(9-15-24)16-26(30)28-23-12-10-22(11-13-23)27-21-6-4-3-5-7-21/h3-15,27H,16-17H2,1-2H3,(H,28,30). The molecule has 1 aromatic heterocycles. The number of benzene rings is 3. The van der Waals surface area contributed by atoms with Crippen molar-refractivity contribution in [3.63, 3.8) is 0 Å². The van der Waals surface area contributed by atoms with Crippen molar-refractivity contribution < 1.29 is 14.1 Å². The molecule has 0 atom stereocenters. The summed E-state index contributed by atoms with van der Waals surface area (Å²) in [6.45, 7) is 4.16. The van der Waals surface area contributed by atoms with E-state index in [1.807, 2.05) is 92.7 Å². The SMILES string of the molecule is Cc1noc(C)c1COc1ccc(CC(=O)Nc2ccc(Nc3ccccc3)cc2)cc1. The van der Waals surface area contributed by atoms with Crippen LogP contribution in [0.5, 0.6) is 5.75 Å². The number of aryl methyl sites for hydroxylation is 2. The third-order valence-corrected chi connectivity index (χ3v) is 5.08. The fraction of sp³-hybridized carbons (Fsp3) is 0.154. The number of carbonyl (C=O) groups excluding carboxylic acids is 1. The molecule has 0 fully saturated rings. The second-order valence-electron chi connectivity index (χ2n) is 7.53. The Balaban J connectivity index is 1.27. The summed E-state index contributed by atoms with van der Waals surface area (Å²) in [7, 11) is 0. The van der Waals surface area contributed by atoms with Gasteiger partial charge in [-0.15, -0.1) is 0 Å². The summed E-state index contributed by atoms with van der Waals surface area (Å²) in [6, 6.07) is 25.1. The summed E-state index contributed by atoms with van der Waals surface area (Å²) in [4.78, 5) is 12.4. The lowest BCUT2D eigenvalue weighted by Crippen LogP contribution is -2.14. The molecule has 4 rings (SSSR count). The van der Waals surface area contributed by atoms with Crippen LogP contribution in [-0.4, -0.2) is 11.1 Å². The molecular weight excluding hydrogens is 402 g/mol. The van der Waals surface area contributed by atoms with Gasteiger partial charge in [0.05, 0.1) is 17.7 Å². The van der Waals surface area contributed by atoms with E-state index in [9.17, 15) is 4.79 Å². The van der Waals surface area contributed by atoms with Crippen molar-refractivity contribution >= 4 is 23.0 Å². The van der Waals surface area contributed by atoms with Gasteiger partial charge < -0.3 is 19.9 Å². The molecule has 1 amide bonds. The van der Waals surface area contributed by atoms with E-state index in [4.69, 9.17) is 9.26 Å². The van der Waals surface area contributed by atoms with E-state index in [2.05, 4.69) is 15.8 Å². The van der Waals surface area contributed by atoms with Crippen LogP contribution >= 0.6 is 0 Å². The number of hydrogen-bond donors (Lipinski definition) is 2. The smallest absolute Gasteiger partial charge is 0.228 e. The van der Waals surface area contributed by atoms with E-state index in [-0.39, 0.29) is 12.3 Å². The third kappa shape index (κ3) is 5.55. The highest BCUT2D eigenvalue weighted by molar-refractivity contribution is 5.92. The molecule has 3 aromatic carbocycles. The third-order valence-electron chi connectivity index (χ3n) is 5.08. The zero-order valence-corrected chi connectivity index (χ0v) is 18.1. The maximum atomic E-state index is 12.4. The van der Waals surface area contributed by atoms with Crippen molar-refractivity contribution in [1.82, 2.24) is 5.16 Å². The summed E-state index contributed by atoms with van der Waals surface area (Å²) in [5, 5.41) is 10.2. The van der Waals surface area contributed by atoms with Gasteiger partial charge in [0.15, 0.2) is 0 Å². The molecular formula is C26H25N3O3. The van der Waals surface area contributed by atoms with Crippen molar-refractivity contribution in [2.24, 2.45) is 0 Å². The topological polar surface area (TPSA) is 76.4 Å². The van der Waals surface area contributed by atoms with E-state index in [0.29, 0.717) is 6.61 Å². The van der Waals surface area contributed by atoms with Gasteiger partial charge in [-0.25, -0.2) is 0 Å². The number of para-hydroxylation sites is 1. The van der Waals surface area contributed by atoms with Crippen LogP contribution in [0.1, 0.15) is 22.6 Å². The number of hydrogen-bond acceptors (Lipinski definition) is 5. The van der Waals surface area contributed by atoms with E-state index < -0.39 is 0 Å². The molecule has 0 aliphatic carbocycles. The molecule has 0 aliphatic rings. The maximum Gasteiger partial charge on any atom is 0.228 e. The van der Waals surface area contributed by atoms with Gasteiger partial charge in [-0.1, -0.05) is 35.5 Å². The van der Waals surface area contributed by atoms with Crippen LogP contribution in [0.4, 0.5) is 17.1 Å². The number of nitrogens with one attached hydrogen (secondary N) is 2. The van der Waals surface area contributed by atoms with E-state index in [0.717, 1.165) is 45.4 Å². The summed E-state index contributed by atoms with van der Waals surface area (Å²) in [5.41, 5.74) is 5.44. The average Bonchev–Trinajstić information content (AvgIpc) is 3.12. The average molecular weight is 428 g/mol. The van der Waals surface area contributed by atoms with E-state index in [1.165, 1.54) is 0 Å². The van der Waals surface area contributed by atoms with Crippen molar-refractivity contribution in [1.29, 1.82) is 0 Å². The largest absolute Gasteiger partial charge is 0.489 e. The van der Waals surface area contributed by atoms with Crippen molar-refractivity contribution in [3.8, 4) is 5.75 Å². The minimum absolute atomic E-state index is 0.0711. The lowest BCUT2D eigenvalue weighted by atomic mass is 10.1. The lowest BCUT2D eigenvalue weighted by molar-refractivity contribution is -0.115. The predicted molar refractivity (Wildman–Crippen MR) is 125 cm³/mol. The number of aromatic nitrogens is 1. The van der Waals surface area contributed by atoms with Gasteiger partial charge in [0.25, 0.3) is 0 Å². The summed E-state index contributed by atoms with van der Waals surface area (Å²) < 4.78 is 11.0. The zero-order chi connectivity index (χ0) is 22.3. The summed E-state index contributed by atoms with van der Waals surface area (Å²) >= 11 is 0. The lowest BCUT2D eigenvalue weighted by Gasteiger charge is -2.09.